The first kappa shape index (κ1) is 32.3. The molecule has 274 valence electrons. The van der Waals surface area contributed by atoms with Crippen molar-refractivity contribution in [3.63, 3.8) is 0 Å². The lowest BCUT2D eigenvalue weighted by Crippen LogP contribution is -2.62. The zero-order chi connectivity index (χ0) is 38.6. The lowest BCUT2D eigenvalue weighted by molar-refractivity contribution is 0.668. The molecule has 0 atom stereocenters. The van der Waals surface area contributed by atoms with Gasteiger partial charge in [-0.2, -0.15) is 0 Å². The van der Waals surface area contributed by atoms with Crippen LogP contribution in [0.4, 0.5) is 34.1 Å². The minimum atomic E-state index is -0.139. The molecule has 9 aromatic carbocycles. The Bertz CT molecular complexity index is 3250. The fourth-order valence-electron chi connectivity index (χ4n) is 10.2. The van der Waals surface area contributed by atoms with E-state index < -0.39 is 0 Å². The van der Waals surface area contributed by atoms with Gasteiger partial charge in [-0.05, 0) is 111 Å². The summed E-state index contributed by atoms with van der Waals surface area (Å²) in [5.41, 5.74) is 18.9. The maximum Gasteiger partial charge on any atom is 0.253 e. The molecule has 0 unspecified atom stereocenters. The van der Waals surface area contributed by atoms with Gasteiger partial charge in [0.05, 0.1) is 0 Å². The first-order valence-corrected chi connectivity index (χ1v) is 20.2. The van der Waals surface area contributed by atoms with Gasteiger partial charge in [-0.3, -0.25) is 0 Å². The van der Waals surface area contributed by atoms with Crippen LogP contribution in [0.5, 0.6) is 0 Å². The number of para-hydroxylation sites is 4. The van der Waals surface area contributed by atoms with Crippen molar-refractivity contribution in [2.24, 2.45) is 0 Å². The van der Waals surface area contributed by atoms with Crippen molar-refractivity contribution < 1.29 is 8.83 Å². The molecule has 13 rings (SSSR count). The third kappa shape index (κ3) is 4.55. The highest BCUT2D eigenvalue weighted by atomic mass is 16.3. The average Bonchev–Trinajstić information content (AvgIpc) is 3.88. The van der Waals surface area contributed by atoms with Gasteiger partial charge < -0.3 is 18.6 Å². The summed E-state index contributed by atoms with van der Waals surface area (Å²) >= 11 is 0. The van der Waals surface area contributed by atoms with Crippen LogP contribution in [0, 0.1) is 0 Å². The van der Waals surface area contributed by atoms with Crippen molar-refractivity contribution in [1.82, 2.24) is 0 Å². The van der Waals surface area contributed by atoms with Gasteiger partial charge in [0.2, 0.25) is 0 Å². The van der Waals surface area contributed by atoms with Crippen LogP contribution in [0.15, 0.2) is 209 Å². The van der Waals surface area contributed by atoms with E-state index in [1.54, 1.807) is 0 Å². The van der Waals surface area contributed by atoms with Crippen LogP contribution < -0.4 is 26.2 Å². The van der Waals surface area contributed by atoms with E-state index in [0.29, 0.717) is 0 Å². The second-order valence-electron chi connectivity index (χ2n) is 15.5. The summed E-state index contributed by atoms with van der Waals surface area (Å²) in [5, 5.41) is 4.50. The molecule has 0 radical (unpaired) electrons. The van der Waals surface area contributed by atoms with Gasteiger partial charge >= 0.3 is 0 Å². The highest BCUT2D eigenvalue weighted by Crippen LogP contribution is 2.48. The smallest absolute Gasteiger partial charge is 0.253 e. The number of hydrogen-bond donors (Lipinski definition) is 0. The molecule has 4 heterocycles. The molecular weight excluding hydrogens is 719 g/mol. The highest BCUT2D eigenvalue weighted by molar-refractivity contribution is 7.02. The number of nitrogens with zero attached hydrogens (tertiary/aromatic N) is 2. The molecular formula is C54H33BN2O2. The normalized spacial score (nSPS) is 13.0. The molecule has 2 aromatic heterocycles. The van der Waals surface area contributed by atoms with Crippen molar-refractivity contribution in [1.29, 1.82) is 0 Å². The van der Waals surface area contributed by atoms with Gasteiger partial charge in [0.25, 0.3) is 6.71 Å². The fourth-order valence-corrected chi connectivity index (χ4v) is 10.2. The van der Waals surface area contributed by atoms with Gasteiger partial charge in [-0.25, -0.2) is 0 Å². The zero-order valence-electron chi connectivity index (χ0n) is 31.8. The van der Waals surface area contributed by atoms with E-state index in [-0.39, 0.29) is 6.71 Å². The molecule has 11 aromatic rings. The first-order valence-electron chi connectivity index (χ1n) is 20.2. The van der Waals surface area contributed by atoms with Gasteiger partial charge in [0.15, 0.2) is 0 Å². The lowest BCUT2D eigenvalue weighted by atomic mass is 9.32. The van der Waals surface area contributed by atoms with E-state index in [9.17, 15) is 0 Å². The van der Waals surface area contributed by atoms with Crippen LogP contribution in [0.3, 0.4) is 0 Å². The number of fused-ring (bicyclic) bond motifs is 10. The van der Waals surface area contributed by atoms with Gasteiger partial charge in [-0.1, -0.05) is 127 Å². The molecule has 5 heteroatoms. The molecule has 0 saturated carbocycles. The van der Waals surface area contributed by atoms with Crippen molar-refractivity contribution >= 4 is 101 Å². The minimum Gasteiger partial charge on any atom is -0.456 e. The van der Waals surface area contributed by atoms with Crippen LogP contribution in [0.1, 0.15) is 0 Å². The number of rotatable bonds is 4. The molecule has 0 fully saturated rings. The van der Waals surface area contributed by atoms with E-state index in [4.69, 9.17) is 8.83 Å². The SMILES string of the molecule is c1ccc(N2c3cccc(-c4cccc5oc6ccccc6c45)c3B3c4c(-c5cccc6oc7ccccc7c56)cccc4N(c4ccccc4)c4cccc2c43)cc1. The largest absolute Gasteiger partial charge is 0.456 e. The Hall–Kier alpha value is -7.76. The summed E-state index contributed by atoms with van der Waals surface area (Å²) in [4.78, 5) is 4.95. The number of benzene rings is 9. The van der Waals surface area contributed by atoms with Gasteiger partial charge in [-0.15, -0.1) is 0 Å². The Morgan fingerprint density at radius 3 is 1.12 bits per heavy atom. The van der Waals surface area contributed by atoms with Crippen molar-refractivity contribution in [3.8, 4) is 22.3 Å². The summed E-state index contributed by atoms with van der Waals surface area (Å²) in [5.74, 6) is 0. The molecule has 0 aliphatic carbocycles. The fraction of sp³-hybridized carbons (Fsp3) is 0. The summed E-state index contributed by atoms with van der Waals surface area (Å²) < 4.78 is 13.1. The Morgan fingerprint density at radius 1 is 0.288 bits per heavy atom. The van der Waals surface area contributed by atoms with E-state index in [0.717, 1.165) is 77.8 Å². The van der Waals surface area contributed by atoms with Crippen molar-refractivity contribution in [2.75, 3.05) is 9.80 Å². The quantitative estimate of drug-likeness (QED) is 0.168. The van der Waals surface area contributed by atoms with E-state index in [1.165, 1.54) is 38.9 Å². The lowest BCUT2D eigenvalue weighted by Gasteiger charge is -2.45. The highest BCUT2D eigenvalue weighted by Gasteiger charge is 2.45. The predicted molar refractivity (Wildman–Crippen MR) is 246 cm³/mol. The number of anilines is 6. The summed E-state index contributed by atoms with van der Waals surface area (Å²) in [6.45, 7) is -0.139. The van der Waals surface area contributed by atoms with Gasteiger partial charge in [0.1, 0.15) is 22.3 Å². The topological polar surface area (TPSA) is 32.8 Å². The van der Waals surface area contributed by atoms with Crippen LogP contribution >= 0.6 is 0 Å². The maximum absolute atomic E-state index is 6.53. The van der Waals surface area contributed by atoms with E-state index >= 15 is 0 Å². The summed E-state index contributed by atoms with van der Waals surface area (Å²) in [7, 11) is 0. The standard InChI is InChI=1S/C54H33BN2O2/c1-3-16-34(17-4-1)56-42-26-11-24-38(36-22-13-32-48-50(36)40-20-7-9-30-46(40)58-48)52(42)55-53-39(37-23-14-33-49-51(37)41-21-8-10-31-47(41)59-49)25-12-27-43(53)57(35-18-5-2-6-19-35)45-29-15-28-44(56)54(45)55/h1-33H. The second-order valence-corrected chi connectivity index (χ2v) is 15.5. The molecule has 2 aliphatic rings. The summed E-state index contributed by atoms with van der Waals surface area (Å²) in [6.07, 6.45) is 0. The maximum atomic E-state index is 6.53. The zero-order valence-corrected chi connectivity index (χ0v) is 31.8. The van der Waals surface area contributed by atoms with Crippen molar-refractivity contribution in [3.05, 3.63) is 200 Å². The third-order valence-electron chi connectivity index (χ3n) is 12.5. The molecule has 0 spiro atoms. The van der Waals surface area contributed by atoms with Gasteiger partial charge in [0, 0.05) is 55.7 Å². The predicted octanol–water partition coefficient (Wildman–Crippen LogP) is 12.9. The monoisotopic (exact) mass is 752 g/mol. The average molecular weight is 753 g/mol. The number of furan rings is 2. The van der Waals surface area contributed by atoms with E-state index in [2.05, 4.69) is 198 Å². The van der Waals surface area contributed by atoms with Crippen LogP contribution in [-0.4, -0.2) is 6.71 Å². The molecule has 0 bridgehead atoms. The Labute approximate surface area is 340 Å². The number of hydrogen-bond acceptors (Lipinski definition) is 4. The van der Waals surface area contributed by atoms with Crippen LogP contribution in [0.25, 0.3) is 66.1 Å². The molecule has 0 amide bonds. The third-order valence-corrected chi connectivity index (χ3v) is 12.5. The second kappa shape index (κ2) is 12.4. The van der Waals surface area contributed by atoms with Crippen LogP contribution in [0.2, 0.25) is 0 Å². The van der Waals surface area contributed by atoms with Crippen molar-refractivity contribution in [2.45, 2.75) is 0 Å². The molecule has 59 heavy (non-hydrogen) atoms. The molecule has 2 aliphatic heterocycles. The molecule has 4 nitrogen and oxygen atoms in total. The first-order chi connectivity index (χ1) is 29.3. The minimum absolute atomic E-state index is 0.139. The Kier molecular flexibility index (Phi) is 6.78. The van der Waals surface area contributed by atoms with Crippen LogP contribution in [-0.2, 0) is 0 Å². The molecule has 0 saturated heterocycles. The Balaban J connectivity index is 1.20. The molecule has 0 N–H and O–H groups in total. The summed E-state index contributed by atoms with van der Waals surface area (Å²) in [6, 6.07) is 72.0. The van der Waals surface area contributed by atoms with E-state index in [1.807, 2.05) is 12.1 Å². The Morgan fingerprint density at radius 2 is 0.644 bits per heavy atom.